The molecule has 0 bridgehead atoms. The van der Waals surface area contributed by atoms with Crippen molar-refractivity contribution in [1.29, 1.82) is 5.26 Å². The molecule has 0 unspecified atom stereocenters. The van der Waals surface area contributed by atoms with Gasteiger partial charge in [0.1, 0.15) is 11.8 Å². The maximum atomic E-state index is 8.72. The summed E-state index contributed by atoms with van der Waals surface area (Å²) in [5.41, 5.74) is 1.06. The van der Waals surface area contributed by atoms with Crippen molar-refractivity contribution >= 4 is 0 Å². The zero-order chi connectivity index (χ0) is 11.4. The third-order valence-corrected chi connectivity index (χ3v) is 2.06. The summed E-state index contributed by atoms with van der Waals surface area (Å²) in [6.07, 6.45) is 3.32. The van der Waals surface area contributed by atoms with E-state index in [4.69, 9.17) is 9.78 Å². The molecule has 16 heavy (non-hydrogen) atoms. The highest BCUT2D eigenvalue weighted by atomic mass is 16.5. The molecular formula is C11H10N4O. The Kier molecular flexibility index (Phi) is 2.92. The Bertz CT molecular complexity index is 527. The lowest BCUT2D eigenvalue weighted by molar-refractivity contribution is 0.422. The van der Waals surface area contributed by atoms with Crippen LogP contribution in [0.25, 0.3) is 11.5 Å². The van der Waals surface area contributed by atoms with E-state index >= 15 is 0 Å². The number of pyridine rings is 1. The van der Waals surface area contributed by atoms with Crippen molar-refractivity contribution in [3.05, 3.63) is 29.8 Å². The minimum absolute atomic E-state index is 0.341. The fourth-order valence-corrected chi connectivity index (χ4v) is 1.32. The predicted octanol–water partition coefficient (Wildman–Crippen LogP) is 1.96. The molecule has 0 N–H and O–H groups in total. The molecule has 2 aromatic heterocycles. The summed E-state index contributed by atoms with van der Waals surface area (Å²) in [4.78, 5) is 8.11. The van der Waals surface area contributed by atoms with Crippen molar-refractivity contribution in [2.24, 2.45) is 0 Å². The van der Waals surface area contributed by atoms with Crippen molar-refractivity contribution in [3.8, 4) is 17.5 Å². The van der Waals surface area contributed by atoms with E-state index < -0.39 is 0 Å². The summed E-state index contributed by atoms with van der Waals surface area (Å²) in [5, 5.41) is 12.6. The average Bonchev–Trinajstić information content (AvgIpc) is 2.78. The normalized spacial score (nSPS) is 10.0. The zero-order valence-corrected chi connectivity index (χ0v) is 8.84. The van der Waals surface area contributed by atoms with E-state index in [1.807, 2.05) is 6.07 Å². The molecular weight excluding hydrogens is 204 g/mol. The molecule has 0 aliphatic carbocycles. The highest BCUT2D eigenvalue weighted by Crippen LogP contribution is 2.17. The number of rotatable bonds is 3. The van der Waals surface area contributed by atoms with Crippen LogP contribution in [0.15, 0.2) is 22.9 Å². The quantitative estimate of drug-likeness (QED) is 0.780. The molecule has 80 valence electrons. The van der Waals surface area contributed by atoms with Gasteiger partial charge in [-0.1, -0.05) is 12.1 Å². The second-order valence-corrected chi connectivity index (χ2v) is 3.31. The largest absolute Gasteiger partial charge is 0.334 e. The molecule has 0 aromatic carbocycles. The number of nitriles is 1. The van der Waals surface area contributed by atoms with Crippen LogP contribution in [0, 0.1) is 11.3 Å². The van der Waals surface area contributed by atoms with Crippen LogP contribution in [-0.4, -0.2) is 15.1 Å². The standard InChI is InChI=1S/C11H10N4O/c1-2-3-10-14-11(16-15-10)8-4-5-13-9(6-8)7-12/h4-6H,2-3H2,1H3. The molecule has 0 spiro atoms. The lowest BCUT2D eigenvalue weighted by Gasteiger charge is -1.92. The van der Waals surface area contributed by atoms with Gasteiger partial charge in [-0.3, -0.25) is 0 Å². The first-order valence-electron chi connectivity index (χ1n) is 5.02. The number of aryl methyl sites for hydroxylation is 1. The summed E-state index contributed by atoms with van der Waals surface area (Å²) in [5.74, 6) is 1.12. The Labute approximate surface area is 92.7 Å². The topological polar surface area (TPSA) is 75.6 Å². The molecule has 2 heterocycles. The molecule has 0 fully saturated rings. The molecule has 5 heteroatoms. The molecule has 0 atom stereocenters. The van der Waals surface area contributed by atoms with Crippen LogP contribution < -0.4 is 0 Å². The van der Waals surface area contributed by atoms with Crippen LogP contribution in [0.4, 0.5) is 0 Å². The van der Waals surface area contributed by atoms with Gasteiger partial charge in [0, 0.05) is 18.2 Å². The second kappa shape index (κ2) is 4.53. The zero-order valence-electron chi connectivity index (χ0n) is 8.84. The van der Waals surface area contributed by atoms with Crippen LogP contribution in [-0.2, 0) is 6.42 Å². The van der Waals surface area contributed by atoms with Gasteiger partial charge in [-0.05, 0) is 18.6 Å². The van der Waals surface area contributed by atoms with Crippen molar-refractivity contribution < 1.29 is 4.52 Å². The SMILES string of the molecule is CCCc1noc(-c2ccnc(C#N)c2)n1. The summed E-state index contributed by atoms with van der Waals surface area (Å²) in [6.45, 7) is 2.05. The Morgan fingerprint density at radius 1 is 1.50 bits per heavy atom. The van der Waals surface area contributed by atoms with Gasteiger partial charge in [0.05, 0.1) is 0 Å². The molecule has 2 aromatic rings. The molecule has 2 rings (SSSR count). The fraction of sp³-hybridized carbons (Fsp3) is 0.273. The van der Waals surface area contributed by atoms with Crippen LogP contribution >= 0.6 is 0 Å². The van der Waals surface area contributed by atoms with Crippen LogP contribution in [0.3, 0.4) is 0 Å². The van der Waals surface area contributed by atoms with E-state index in [1.54, 1.807) is 18.3 Å². The number of aromatic nitrogens is 3. The smallest absolute Gasteiger partial charge is 0.258 e. The van der Waals surface area contributed by atoms with Gasteiger partial charge in [0.25, 0.3) is 5.89 Å². The molecule has 0 amide bonds. The summed E-state index contributed by atoms with van der Waals surface area (Å²) in [7, 11) is 0. The summed E-state index contributed by atoms with van der Waals surface area (Å²) < 4.78 is 5.10. The van der Waals surface area contributed by atoms with Gasteiger partial charge in [0.15, 0.2) is 5.82 Å². The average molecular weight is 214 g/mol. The first-order chi connectivity index (χ1) is 7.83. The van der Waals surface area contributed by atoms with Crippen molar-refractivity contribution in [1.82, 2.24) is 15.1 Å². The van der Waals surface area contributed by atoms with Gasteiger partial charge in [-0.15, -0.1) is 0 Å². The van der Waals surface area contributed by atoms with Gasteiger partial charge < -0.3 is 4.52 Å². The fourth-order valence-electron chi connectivity index (χ4n) is 1.32. The Morgan fingerprint density at radius 2 is 2.38 bits per heavy atom. The van der Waals surface area contributed by atoms with Crippen LogP contribution in [0.1, 0.15) is 24.9 Å². The molecule has 0 aliphatic rings. The van der Waals surface area contributed by atoms with Crippen LogP contribution in [0.5, 0.6) is 0 Å². The Balaban J connectivity index is 2.32. The van der Waals surface area contributed by atoms with Crippen molar-refractivity contribution in [2.75, 3.05) is 0 Å². The van der Waals surface area contributed by atoms with E-state index in [9.17, 15) is 0 Å². The van der Waals surface area contributed by atoms with E-state index in [1.165, 1.54) is 0 Å². The van der Waals surface area contributed by atoms with E-state index in [0.717, 1.165) is 18.4 Å². The first-order valence-corrected chi connectivity index (χ1v) is 5.02. The lowest BCUT2D eigenvalue weighted by Crippen LogP contribution is -1.86. The monoisotopic (exact) mass is 214 g/mol. The third-order valence-electron chi connectivity index (χ3n) is 2.06. The number of nitrogens with zero attached hydrogens (tertiary/aromatic N) is 4. The number of hydrogen-bond donors (Lipinski definition) is 0. The molecule has 0 saturated heterocycles. The second-order valence-electron chi connectivity index (χ2n) is 3.31. The summed E-state index contributed by atoms with van der Waals surface area (Å²) in [6, 6.07) is 5.34. The van der Waals surface area contributed by atoms with Gasteiger partial charge >= 0.3 is 0 Å². The highest BCUT2D eigenvalue weighted by molar-refractivity contribution is 5.53. The molecule has 0 radical (unpaired) electrons. The minimum atomic E-state index is 0.341. The van der Waals surface area contributed by atoms with E-state index in [0.29, 0.717) is 17.4 Å². The predicted molar refractivity (Wildman–Crippen MR) is 56.2 cm³/mol. The van der Waals surface area contributed by atoms with Gasteiger partial charge in [0.2, 0.25) is 0 Å². The Hall–Kier alpha value is -2.22. The molecule has 0 aliphatic heterocycles. The Morgan fingerprint density at radius 3 is 3.12 bits per heavy atom. The van der Waals surface area contributed by atoms with E-state index in [-0.39, 0.29) is 0 Å². The highest BCUT2D eigenvalue weighted by Gasteiger charge is 2.08. The minimum Gasteiger partial charge on any atom is -0.334 e. The van der Waals surface area contributed by atoms with Gasteiger partial charge in [-0.25, -0.2) is 4.98 Å². The lowest BCUT2D eigenvalue weighted by atomic mass is 10.2. The number of hydrogen-bond acceptors (Lipinski definition) is 5. The first kappa shape index (κ1) is 10.3. The third kappa shape index (κ3) is 2.06. The van der Waals surface area contributed by atoms with E-state index in [2.05, 4.69) is 22.0 Å². The van der Waals surface area contributed by atoms with Crippen molar-refractivity contribution in [3.63, 3.8) is 0 Å². The van der Waals surface area contributed by atoms with Crippen LogP contribution in [0.2, 0.25) is 0 Å². The van der Waals surface area contributed by atoms with Crippen molar-refractivity contribution in [2.45, 2.75) is 19.8 Å². The maximum Gasteiger partial charge on any atom is 0.258 e. The summed E-state index contributed by atoms with van der Waals surface area (Å²) >= 11 is 0. The maximum absolute atomic E-state index is 8.72. The van der Waals surface area contributed by atoms with Gasteiger partial charge in [-0.2, -0.15) is 10.2 Å². The molecule has 0 saturated carbocycles. The molecule has 5 nitrogen and oxygen atoms in total.